The Hall–Kier alpha value is -0.450. The first-order chi connectivity index (χ1) is 7.65. The van der Waals surface area contributed by atoms with Gasteiger partial charge in [-0.3, -0.25) is 4.90 Å². The molecular formula is C12H21N3S. The normalized spacial score (nSPS) is 22.9. The molecule has 0 aliphatic carbocycles. The molecule has 1 aliphatic heterocycles. The number of nitrogens with one attached hydrogen (secondary N) is 1. The van der Waals surface area contributed by atoms with E-state index in [1.807, 2.05) is 17.5 Å². The minimum Gasteiger partial charge on any atom is -0.312 e. The first kappa shape index (κ1) is 12.0. The van der Waals surface area contributed by atoms with E-state index in [0.29, 0.717) is 12.0 Å². The third-order valence-electron chi connectivity index (χ3n) is 2.90. The Balaban J connectivity index is 1.92. The van der Waals surface area contributed by atoms with Gasteiger partial charge < -0.3 is 5.32 Å². The van der Waals surface area contributed by atoms with E-state index in [-0.39, 0.29) is 0 Å². The van der Waals surface area contributed by atoms with Crippen molar-refractivity contribution in [2.75, 3.05) is 19.6 Å². The lowest BCUT2D eigenvalue weighted by molar-refractivity contribution is 0.201. The second kappa shape index (κ2) is 5.25. The van der Waals surface area contributed by atoms with E-state index in [2.05, 4.69) is 36.0 Å². The molecule has 4 heteroatoms. The van der Waals surface area contributed by atoms with Gasteiger partial charge in [-0.25, -0.2) is 4.98 Å². The number of thiazole rings is 1. The van der Waals surface area contributed by atoms with Gasteiger partial charge in [0.05, 0.1) is 5.01 Å². The van der Waals surface area contributed by atoms with Crippen LogP contribution >= 0.6 is 11.3 Å². The van der Waals surface area contributed by atoms with E-state index in [0.717, 1.165) is 26.2 Å². The lowest BCUT2D eigenvalue weighted by Gasteiger charge is -2.31. The van der Waals surface area contributed by atoms with Crippen LogP contribution in [0.5, 0.6) is 0 Å². The molecule has 1 atom stereocenters. The minimum absolute atomic E-state index is 0.556. The topological polar surface area (TPSA) is 28.2 Å². The second-order valence-corrected chi connectivity index (χ2v) is 6.06. The Labute approximate surface area is 102 Å². The van der Waals surface area contributed by atoms with Crippen LogP contribution in [0, 0.1) is 0 Å². The average Bonchev–Trinajstić information content (AvgIpc) is 2.66. The number of rotatable bonds is 3. The molecule has 16 heavy (non-hydrogen) atoms. The number of hydrogen-bond acceptors (Lipinski definition) is 4. The molecule has 0 unspecified atom stereocenters. The van der Waals surface area contributed by atoms with Crippen LogP contribution in [0.4, 0.5) is 0 Å². The summed E-state index contributed by atoms with van der Waals surface area (Å²) in [7, 11) is 0. The van der Waals surface area contributed by atoms with Crippen molar-refractivity contribution in [3.05, 3.63) is 16.1 Å². The van der Waals surface area contributed by atoms with E-state index < -0.39 is 0 Å². The minimum atomic E-state index is 0.556. The third-order valence-corrected chi connectivity index (χ3v) is 4.18. The highest BCUT2D eigenvalue weighted by molar-refractivity contribution is 7.11. The lowest BCUT2D eigenvalue weighted by Crippen LogP contribution is -2.48. The highest BCUT2D eigenvalue weighted by Gasteiger charge is 2.16. The standard InChI is InChI=1S/C12H21N3S/c1-9(2)12-14-6-11(16-12)8-15-5-4-13-10(3)7-15/h6,9-10,13H,4-5,7-8H2,1-3H3/t10-/m1/s1. The maximum Gasteiger partial charge on any atom is 0.0953 e. The Morgan fingerprint density at radius 3 is 3.06 bits per heavy atom. The van der Waals surface area contributed by atoms with Crippen LogP contribution in [0.1, 0.15) is 36.6 Å². The van der Waals surface area contributed by atoms with Gasteiger partial charge in [0.25, 0.3) is 0 Å². The van der Waals surface area contributed by atoms with Gasteiger partial charge in [0, 0.05) is 49.2 Å². The van der Waals surface area contributed by atoms with Crippen molar-refractivity contribution < 1.29 is 0 Å². The number of hydrogen-bond donors (Lipinski definition) is 1. The van der Waals surface area contributed by atoms with E-state index >= 15 is 0 Å². The van der Waals surface area contributed by atoms with Gasteiger partial charge in [-0.15, -0.1) is 11.3 Å². The van der Waals surface area contributed by atoms with Gasteiger partial charge in [-0.1, -0.05) is 13.8 Å². The van der Waals surface area contributed by atoms with Crippen molar-refractivity contribution in [3.8, 4) is 0 Å². The molecule has 0 radical (unpaired) electrons. The largest absolute Gasteiger partial charge is 0.312 e. The zero-order valence-electron chi connectivity index (χ0n) is 10.4. The summed E-state index contributed by atoms with van der Waals surface area (Å²) in [6, 6.07) is 0.617. The van der Waals surface area contributed by atoms with Crippen LogP contribution in [0.15, 0.2) is 6.20 Å². The number of nitrogens with zero attached hydrogens (tertiary/aromatic N) is 2. The molecule has 0 amide bonds. The molecule has 0 bridgehead atoms. The molecule has 1 aromatic heterocycles. The van der Waals surface area contributed by atoms with E-state index in [1.54, 1.807) is 0 Å². The van der Waals surface area contributed by atoms with Gasteiger partial charge >= 0.3 is 0 Å². The molecule has 0 saturated carbocycles. The summed E-state index contributed by atoms with van der Waals surface area (Å²) in [4.78, 5) is 8.39. The second-order valence-electron chi connectivity index (χ2n) is 4.91. The molecule has 1 fully saturated rings. The van der Waals surface area contributed by atoms with Crippen molar-refractivity contribution in [2.45, 2.75) is 39.3 Å². The van der Waals surface area contributed by atoms with Crippen LogP contribution in [-0.2, 0) is 6.54 Å². The van der Waals surface area contributed by atoms with Crippen molar-refractivity contribution >= 4 is 11.3 Å². The number of aromatic nitrogens is 1. The summed E-state index contributed by atoms with van der Waals surface area (Å²) in [5, 5.41) is 4.73. The smallest absolute Gasteiger partial charge is 0.0953 e. The summed E-state index contributed by atoms with van der Waals surface area (Å²) in [6.45, 7) is 11.1. The summed E-state index contributed by atoms with van der Waals surface area (Å²) in [6.07, 6.45) is 2.05. The van der Waals surface area contributed by atoms with Crippen molar-refractivity contribution in [1.82, 2.24) is 15.2 Å². The Morgan fingerprint density at radius 2 is 2.44 bits per heavy atom. The Bertz CT molecular complexity index is 335. The first-order valence-electron chi connectivity index (χ1n) is 6.05. The molecular weight excluding hydrogens is 218 g/mol. The van der Waals surface area contributed by atoms with E-state index in [1.165, 1.54) is 9.88 Å². The molecule has 2 rings (SSSR count). The fraction of sp³-hybridized carbons (Fsp3) is 0.750. The zero-order valence-corrected chi connectivity index (χ0v) is 11.2. The molecule has 1 aliphatic rings. The summed E-state index contributed by atoms with van der Waals surface area (Å²) < 4.78 is 0. The highest BCUT2D eigenvalue weighted by atomic mass is 32.1. The van der Waals surface area contributed by atoms with Crippen molar-refractivity contribution in [1.29, 1.82) is 0 Å². The van der Waals surface area contributed by atoms with Crippen LogP contribution in [-0.4, -0.2) is 35.6 Å². The van der Waals surface area contributed by atoms with Gasteiger partial charge in [0.2, 0.25) is 0 Å². The van der Waals surface area contributed by atoms with Gasteiger partial charge in [0.1, 0.15) is 0 Å². The molecule has 0 spiro atoms. The van der Waals surface area contributed by atoms with Crippen LogP contribution in [0.25, 0.3) is 0 Å². The monoisotopic (exact) mass is 239 g/mol. The maximum absolute atomic E-state index is 4.48. The van der Waals surface area contributed by atoms with E-state index in [9.17, 15) is 0 Å². The maximum atomic E-state index is 4.48. The summed E-state index contributed by atoms with van der Waals surface area (Å²) in [5.74, 6) is 0.556. The summed E-state index contributed by atoms with van der Waals surface area (Å²) >= 11 is 1.86. The molecule has 3 nitrogen and oxygen atoms in total. The van der Waals surface area contributed by atoms with E-state index in [4.69, 9.17) is 0 Å². The highest BCUT2D eigenvalue weighted by Crippen LogP contribution is 2.22. The number of piperazine rings is 1. The SMILES string of the molecule is CC(C)c1ncc(CN2CCN[C@H](C)C2)s1. The molecule has 90 valence electrons. The predicted molar refractivity (Wildman–Crippen MR) is 68.9 cm³/mol. The van der Waals surface area contributed by atoms with Gasteiger partial charge in [-0.05, 0) is 6.92 Å². The molecule has 1 aromatic rings. The fourth-order valence-corrected chi connectivity index (χ4v) is 3.00. The molecule has 1 N–H and O–H groups in total. The third kappa shape index (κ3) is 3.03. The van der Waals surface area contributed by atoms with Crippen LogP contribution in [0.3, 0.4) is 0 Å². The van der Waals surface area contributed by atoms with Crippen LogP contribution < -0.4 is 5.32 Å². The quantitative estimate of drug-likeness (QED) is 0.875. The van der Waals surface area contributed by atoms with Crippen molar-refractivity contribution in [3.63, 3.8) is 0 Å². The zero-order chi connectivity index (χ0) is 11.5. The average molecular weight is 239 g/mol. The Morgan fingerprint density at radius 1 is 1.62 bits per heavy atom. The Kier molecular flexibility index (Phi) is 3.95. The molecule has 0 aromatic carbocycles. The predicted octanol–water partition coefficient (Wildman–Crippen LogP) is 2.06. The molecule has 2 heterocycles. The van der Waals surface area contributed by atoms with Crippen molar-refractivity contribution in [2.24, 2.45) is 0 Å². The van der Waals surface area contributed by atoms with Gasteiger partial charge in [0.15, 0.2) is 0 Å². The summed E-state index contributed by atoms with van der Waals surface area (Å²) in [5.41, 5.74) is 0. The molecule has 1 saturated heterocycles. The first-order valence-corrected chi connectivity index (χ1v) is 6.87. The van der Waals surface area contributed by atoms with Gasteiger partial charge in [-0.2, -0.15) is 0 Å². The lowest BCUT2D eigenvalue weighted by atomic mass is 10.2. The van der Waals surface area contributed by atoms with Crippen LogP contribution in [0.2, 0.25) is 0 Å². The fourth-order valence-electron chi connectivity index (χ4n) is 2.04.